The van der Waals surface area contributed by atoms with Crippen LogP contribution in [0.3, 0.4) is 0 Å². The van der Waals surface area contributed by atoms with Crippen molar-refractivity contribution in [1.29, 1.82) is 0 Å². The van der Waals surface area contributed by atoms with E-state index in [2.05, 4.69) is 10.5 Å². The number of nitro benzene ring substituents is 2. The van der Waals surface area contributed by atoms with Gasteiger partial charge in [0, 0.05) is 12.7 Å². The van der Waals surface area contributed by atoms with Crippen molar-refractivity contribution in [2.45, 2.75) is 0 Å². The van der Waals surface area contributed by atoms with Gasteiger partial charge in [-0.1, -0.05) is 0 Å². The Labute approximate surface area is 86.3 Å². The average molecular weight is 212 g/mol. The summed E-state index contributed by atoms with van der Waals surface area (Å²) in [4.78, 5) is 19.5. The van der Waals surface area contributed by atoms with Gasteiger partial charge in [0.15, 0.2) is 0 Å². The van der Waals surface area contributed by atoms with Crippen LogP contribution in [0, 0.1) is 20.2 Å². The second-order valence-electron chi connectivity index (χ2n) is 2.44. The Morgan fingerprint density at radius 2 is 2.13 bits per heavy atom. The van der Waals surface area contributed by atoms with Gasteiger partial charge < -0.3 is 0 Å². The smallest absolute Gasteiger partial charge is 0.272 e. The van der Waals surface area contributed by atoms with E-state index in [9.17, 15) is 20.2 Å². The summed E-state index contributed by atoms with van der Waals surface area (Å²) in [5.74, 6) is 0. The Morgan fingerprint density at radius 3 is 2.67 bits per heavy atom. The van der Waals surface area contributed by atoms with E-state index < -0.39 is 27.9 Å². The molecule has 0 radical (unpaired) electrons. The van der Waals surface area contributed by atoms with Gasteiger partial charge in [0.1, 0.15) is 5.69 Å². The zero-order valence-electron chi connectivity index (χ0n) is 9.21. The molecule has 8 nitrogen and oxygen atoms in total. The molecule has 0 unspecified atom stereocenters. The maximum Gasteiger partial charge on any atom is 0.301 e. The van der Waals surface area contributed by atoms with Crippen LogP contribution in [-0.4, -0.2) is 16.5 Å². The molecule has 0 aromatic heterocycles. The van der Waals surface area contributed by atoms with Gasteiger partial charge in [0.05, 0.1) is 18.7 Å². The third-order valence-corrected chi connectivity index (χ3v) is 1.57. The van der Waals surface area contributed by atoms with E-state index in [4.69, 9.17) is 2.74 Å². The number of benzene rings is 1. The standard InChI is InChI=1S/C7H6N4O4/c1-8-9-6-3-2-5(10(12)13)4-7(6)11(14)15/h2-4,9H,1H2/i1D2. The first-order valence-electron chi connectivity index (χ1n) is 4.61. The van der Waals surface area contributed by atoms with Crippen molar-refractivity contribution >= 4 is 23.7 Å². The van der Waals surface area contributed by atoms with Gasteiger partial charge in [0.25, 0.3) is 5.69 Å². The number of hydrogen-bond acceptors (Lipinski definition) is 6. The number of nitrogens with zero attached hydrogens (tertiary/aromatic N) is 3. The molecule has 0 heterocycles. The molecule has 1 N–H and O–H groups in total. The topological polar surface area (TPSA) is 111 Å². The molecule has 0 fully saturated rings. The summed E-state index contributed by atoms with van der Waals surface area (Å²) in [7, 11) is 0. The fraction of sp³-hybridized carbons (Fsp3) is 0. The lowest BCUT2D eigenvalue weighted by Gasteiger charge is -2.00. The Bertz CT molecular complexity index is 501. The quantitative estimate of drug-likeness (QED) is 0.462. The summed E-state index contributed by atoms with van der Waals surface area (Å²) in [5, 5.41) is 24.2. The summed E-state index contributed by atoms with van der Waals surface area (Å²) in [6, 6.07) is 2.91. The Balaban J connectivity index is 3.18. The lowest BCUT2D eigenvalue weighted by Crippen LogP contribution is -1.97. The SMILES string of the molecule is [2H]C([2H])=NNc1ccc([N+](=O)[O-])cc1[N+](=O)[O-]. The number of rotatable bonds is 4. The highest BCUT2D eigenvalue weighted by Crippen LogP contribution is 2.28. The van der Waals surface area contributed by atoms with Gasteiger partial charge in [-0.2, -0.15) is 5.10 Å². The minimum absolute atomic E-state index is 0.127. The monoisotopic (exact) mass is 212 g/mol. The molecule has 0 bridgehead atoms. The molecule has 0 saturated heterocycles. The Kier molecular flexibility index (Phi) is 2.16. The van der Waals surface area contributed by atoms with E-state index in [0.29, 0.717) is 0 Å². The molecule has 0 saturated carbocycles. The lowest BCUT2D eigenvalue weighted by atomic mass is 10.2. The minimum Gasteiger partial charge on any atom is -0.272 e. The second kappa shape index (κ2) is 4.13. The summed E-state index contributed by atoms with van der Waals surface area (Å²) in [6.45, 7) is -0.822. The van der Waals surface area contributed by atoms with Gasteiger partial charge in [-0.05, 0) is 6.07 Å². The molecule has 0 aliphatic heterocycles. The number of nitro groups is 2. The second-order valence-corrected chi connectivity index (χ2v) is 2.44. The number of anilines is 1. The van der Waals surface area contributed by atoms with Crippen LogP contribution in [0.15, 0.2) is 23.3 Å². The zero-order chi connectivity index (χ0) is 13.0. The summed E-state index contributed by atoms with van der Waals surface area (Å²) >= 11 is 0. The summed E-state index contributed by atoms with van der Waals surface area (Å²) in [5.41, 5.74) is 1.00. The Morgan fingerprint density at radius 1 is 1.40 bits per heavy atom. The third-order valence-electron chi connectivity index (χ3n) is 1.57. The van der Waals surface area contributed by atoms with Crippen molar-refractivity contribution in [3.05, 3.63) is 38.4 Å². The van der Waals surface area contributed by atoms with Crippen LogP contribution in [0.1, 0.15) is 2.74 Å². The van der Waals surface area contributed by atoms with E-state index in [0.717, 1.165) is 18.2 Å². The van der Waals surface area contributed by atoms with Crippen molar-refractivity contribution in [2.24, 2.45) is 5.10 Å². The number of hydrogen-bond donors (Lipinski definition) is 1. The van der Waals surface area contributed by atoms with Gasteiger partial charge in [-0.3, -0.25) is 25.7 Å². The highest BCUT2D eigenvalue weighted by molar-refractivity contribution is 5.65. The molecule has 1 aromatic carbocycles. The molecule has 0 atom stereocenters. The fourth-order valence-electron chi connectivity index (χ4n) is 0.939. The van der Waals surface area contributed by atoms with E-state index in [1.165, 1.54) is 0 Å². The van der Waals surface area contributed by atoms with E-state index >= 15 is 0 Å². The molecule has 78 valence electrons. The molecule has 8 heteroatoms. The molecule has 1 rings (SSSR count). The van der Waals surface area contributed by atoms with Crippen LogP contribution in [-0.2, 0) is 0 Å². The molecule has 15 heavy (non-hydrogen) atoms. The number of non-ortho nitro benzene ring substituents is 1. The van der Waals surface area contributed by atoms with E-state index in [1.807, 2.05) is 0 Å². The van der Waals surface area contributed by atoms with Crippen LogP contribution < -0.4 is 5.43 Å². The van der Waals surface area contributed by atoms with Crippen LogP contribution in [0.5, 0.6) is 0 Å². The number of nitrogens with one attached hydrogen (secondary N) is 1. The van der Waals surface area contributed by atoms with Crippen molar-refractivity contribution in [2.75, 3.05) is 5.43 Å². The molecule has 0 aliphatic carbocycles. The van der Waals surface area contributed by atoms with Crippen LogP contribution in [0.2, 0.25) is 0 Å². The third kappa shape index (κ3) is 2.24. The highest BCUT2D eigenvalue weighted by Gasteiger charge is 2.18. The van der Waals surface area contributed by atoms with Crippen molar-refractivity contribution in [3.8, 4) is 0 Å². The zero-order valence-corrected chi connectivity index (χ0v) is 7.21. The molecular weight excluding hydrogens is 204 g/mol. The van der Waals surface area contributed by atoms with Gasteiger partial charge >= 0.3 is 5.69 Å². The first kappa shape index (κ1) is 7.85. The lowest BCUT2D eigenvalue weighted by molar-refractivity contribution is -0.393. The number of hydrazone groups is 1. The average Bonchev–Trinajstić information content (AvgIpc) is 2.25. The first-order chi connectivity index (χ1) is 7.91. The van der Waals surface area contributed by atoms with Crippen LogP contribution >= 0.6 is 0 Å². The van der Waals surface area contributed by atoms with Gasteiger partial charge in [-0.25, -0.2) is 0 Å². The molecule has 0 amide bonds. The molecule has 1 aromatic rings. The Hall–Kier alpha value is -2.51. The van der Waals surface area contributed by atoms with Crippen molar-refractivity contribution in [3.63, 3.8) is 0 Å². The van der Waals surface area contributed by atoms with Crippen molar-refractivity contribution < 1.29 is 12.6 Å². The van der Waals surface area contributed by atoms with Gasteiger partial charge in [-0.15, -0.1) is 0 Å². The van der Waals surface area contributed by atoms with E-state index in [-0.39, 0.29) is 5.69 Å². The highest BCUT2D eigenvalue weighted by atomic mass is 16.6. The predicted molar refractivity (Wildman–Crippen MR) is 52.9 cm³/mol. The normalized spacial score (nSPS) is 10.9. The minimum atomic E-state index is -0.822. The van der Waals surface area contributed by atoms with E-state index in [1.54, 1.807) is 0 Å². The summed E-state index contributed by atoms with van der Waals surface area (Å²) in [6.07, 6.45) is 0. The largest absolute Gasteiger partial charge is 0.301 e. The molecule has 0 spiro atoms. The molecular formula is C7H6N4O4. The molecule has 0 aliphatic rings. The first-order valence-corrected chi connectivity index (χ1v) is 3.61. The predicted octanol–water partition coefficient (Wildman–Crippen LogP) is 1.53. The van der Waals surface area contributed by atoms with Crippen molar-refractivity contribution in [1.82, 2.24) is 0 Å². The van der Waals surface area contributed by atoms with Crippen LogP contribution in [0.4, 0.5) is 17.1 Å². The van der Waals surface area contributed by atoms with Crippen LogP contribution in [0.25, 0.3) is 0 Å². The van der Waals surface area contributed by atoms with Gasteiger partial charge in [0.2, 0.25) is 0 Å². The summed E-state index contributed by atoms with van der Waals surface area (Å²) < 4.78 is 13.4. The maximum absolute atomic E-state index is 10.6. The fourth-order valence-corrected chi connectivity index (χ4v) is 0.939. The maximum atomic E-state index is 10.6.